The van der Waals surface area contributed by atoms with Crippen molar-refractivity contribution in [1.82, 2.24) is 0 Å². The molecule has 0 rings (SSSR count). The van der Waals surface area contributed by atoms with E-state index in [-0.39, 0.29) is 13.2 Å². The van der Waals surface area contributed by atoms with Gasteiger partial charge in [-0.05, 0) is 12.8 Å². The monoisotopic (exact) mass is 332 g/mol. The summed E-state index contributed by atoms with van der Waals surface area (Å²) in [6, 6.07) is 0. The largest absolute Gasteiger partial charge is 0.476 e. The molecule has 0 atom stereocenters. The smallest absolute Gasteiger partial charge is 0.376 e. The zero-order valence-electron chi connectivity index (χ0n) is 12.5. The second-order valence-electron chi connectivity index (χ2n) is 3.83. The van der Waals surface area contributed by atoms with E-state index < -0.39 is 35.3 Å². The molecule has 11 nitrogen and oxygen atoms in total. The fraction of sp³-hybridized carbons (Fsp3) is 0.500. The Morgan fingerprint density at radius 1 is 0.783 bits per heavy atom. The minimum Gasteiger partial charge on any atom is -0.476 e. The van der Waals surface area contributed by atoms with Gasteiger partial charge in [-0.15, -0.1) is 0 Å². The van der Waals surface area contributed by atoms with Crippen molar-refractivity contribution >= 4 is 35.3 Å². The molecule has 128 valence electrons. The quantitative estimate of drug-likeness (QED) is 0.181. The van der Waals surface area contributed by atoms with Crippen LogP contribution in [0.15, 0.2) is 10.3 Å². The Kier molecular flexibility index (Phi) is 9.32. The van der Waals surface area contributed by atoms with Gasteiger partial charge < -0.3 is 24.6 Å². The van der Waals surface area contributed by atoms with Crippen molar-refractivity contribution in [2.75, 3.05) is 13.2 Å². The van der Waals surface area contributed by atoms with Gasteiger partial charge in [-0.3, -0.25) is 0 Å². The number of rotatable bonds is 10. The molecule has 23 heavy (non-hydrogen) atoms. The lowest BCUT2D eigenvalue weighted by Gasteiger charge is -2.03. The maximum atomic E-state index is 11.5. The molecule has 0 radical (unpaired) electrons. The molecule has 0 aromatic heterocycles. The lowest BCUT2D eigenvalue weighted by molar-refractivity contribution is -0.151. The van der Waals surface area contributed by atoms with Crippen molar-refractivity contribution in [3.8, 4) is 0 Å². The van der Waals surface area contributed by atoms with Crippen LogP contribution < -0.4 is 0 Å². The first kappa shape index (κ1) is 20.0. The molecule has 0 spiro atoms. The van der Waals surface area contributed by atoms with Gasteiger partial charge in [-0.2, -0.15) is 0 Å². The first-order valence-corrected chi connectivity index (χ1v) is 6.48. The average molecular weight is 332 g/mol. The third kappa shape index (κ3) is 7.55. The van der Waals surface area contributed by atoms with E-state index in [4.69, 9.17) is 10.2 Å². The topological polar surface area (TPSA) is 161 Å². The summed E-state index contributed by atoms with van der Waals surface area (Å²) in [5, 5.41) is 23.6. The average Bonchev–Trinajstić information content (AvgIpc) is 2.46. The Hall–Kier alpha value is -2.98. The van der Waals surface area contributed by atoms with E-state index in [0.29, 0.717) is 12.8 Å². The van der Waals surface area contributed by atoms with E-state index >= 15 is 0 Å². The van der Waals surface area contributed by atoms with Crippen molar-refractivity contribution in [2.24, 2.45) is 10.3 Å². The second kappa shape index (κ2) is 10.7. The standard InChI is InChI=1S/C12H16N2O9/c1-3-5-21-13-7(9(15)16)11(19)23-12(20)8(10(17)18)14-22-6-4-2/h3-6H2,1-2H3,(H,15,16)(H,17,18). The summed E-state index contributed by atoms with van der Waals surface area (Å²) in [7, 11) is 0. The van der Waals surface area contributed by atoms with E-state index in [0.717, 1.165) is 0 Å². The molecule has 0 amide bonds. The van der Waals surface area contributed by atoms with Crippen LogP contribution in [0, 0.1) is 0 Å². The van der Waals surface area contributed by atoms with Crippen LogP contribution >= 0.6 is 0 Å². The van der Waals surface area contributed by atoms with E-state index in [9.17, 15) is 19.2 Å². The van der Waals surface area contributed by atoms with Gasteiger partial charge in [0.2, 0.25) is 0 Å². The van der Waals surface area contributed by atoms with Crippen LogP contribution in [-0.4, -0.2) is 58.7 Å². The van der Waals surface area contributed by atoms with Crippen LogP contribution in [0.25, 0.3) is 0 Å². The second-order valence-corrected chi connectivity index (χ2v) is 3.83. The molecule has 0 heterocycles. The molecule has 0 aliphatic heterocycles. The Morgan fingerprint density at radius 3 is 1.39 bits per heavy atom. The predicted molar refractivity (Wildman–Crippen MR) is 73.7 cm³/mol. The predicted octanol–water partition coefficient (Wildman–Crippen LogP) is -0.209. The normalized spacial score (nSPS) is 11.6. The molecular formula is C12H16N2O9. The fourth-order valence-corrected chi connectivity index (χ4v) is 0.911. The van der Waals surface area contributed by atoms with Crippen LogP contribution in [-0.2, 0) is 33.6 Å². The van der Waals surface area contributed by atoms with E-state index in [1.165, 1.54) is 0 Å². The number of carbonyl (C=O) groups is 4. The number of carbonyl (C=O) groups excluding carboxylic acids is 2. The molecule has 0 aliphatic rings. The van der Waals surface area contributed by atoms with E-state index in [2.05, 4.69) is 24.7 Å². The van der Waals surface area contributed by atoms with Crippen LogP contribution in [0.1, 0.15) is 26.7 Å². The number of oxime groups is 2. The van der Waals surface area contributed by atoms with Crippen molar-refractivity contribution in [1.29, 1.82) is 0 Å². The molecular weight excluding hydrogens is 316 g/mol. The molecule has 0 unspecified atom stereocenters. The van der Waals surface area contributed by atoms with Gasteiger partial charge in [0.15, 0.2) is 0 Å². The third-order valence-corrected chi connectivity index (χ3v) is 1.88. The van der Waals surface area contributed by atoms with Crippen molar-refractivity contribution in [3.63, 3.8) is 0 Å². The van der Waals surface area contributed by atoms with Gasteiger partial charge in [0, 0.05) is 0 Å². The Morgan fingerprint density at radius 2 is 1.13 bits per heavy atom. The number of hydrogen-bond acceptors (Lipinski definition) is 9. The highest BCUT2D eigenvalue weighted by Crippen LogP contribution is 1.95. The highest BCUT2D eigenvalue weighted by atomic mass is 16.6. The molecule has 0 aliphatic carbocycles. The zero-order chi connectivity index (χ0) is 17.8. The highest BCUT2D eigenvalue weighted by Gasteiger charge is 2.30. The van der Waals surface area contributed by atoms with Crippen molar-refractivity contribution < 1.29 is 43.8 Å². The van der Waals surface area contributed by atoms with Gasteiger partial charge in [-0.25, -0.2) is 19.2 Å². The molecule has 0 saturated heterocycles. The number of esters is 2. The summed E-state index contributed by atoms with van der Waals surface area (Å²) in [5.41, 5.74) is -2.43. The maximum Gasteiger partial charge on any atom is 0.376 e. The molecule has 0 saturated carbocycles. The summed E-state index contributed by atoms with van der Waals surface area (Å²) >= 11 is 0. The van der Waals surface area contributed by atoms with Crippen LogP contribution in [0.2, 0.25) is 0 Å². The summed E-state index contributed by atoms with van der Waals surface area (Å²) in [6.07, 6.45) is 0.990. The fourth-order valence-electron chi connectivity index (χ4n) is 0.911. The van der Waals surface area contributed by atoms with Gasteiger partial charge >= 0.3 is 23.9 Å². The molecule has 11 heteroatoms. The Bertz CT molecular complexity index is 479. The number of aliphatic carboxylic acids is 2. The summed E-state index contributed by atoms with van der Waals surface area (Å²) in [6.45, 7) is 3.49. The third-order valence-electron chi connectivity index (χ3n) is 1.88. The van der Waals surface area contributed by atoms with Gasteiger partial charge in [-0.1, -0.05) is 24.2 Å². The van der Waals surface area contributed by atoms with E-state index in [1.807, 2.05) is 0 Å². The summed E-state index contributed by atoms with van der Waals surface area (Å²) in [5.74, 6) is -7.00. The SMILES string of the molecule is CCCON=C(C(=O)O)C(=O)OC(=O)C(=NOCCC)C(=O)O. The lowest BCUT2D eigenvalue weighted by Crippen LogP contribution is -2.34. The summed E-state index contributed by atoms with van der Waals surface area (Å²) in [4.78, 5) is 53.8. The number of carboxylic acid groups (broad SMARTS) is 2. The van der Waals surface area contributed by atoms with Gasteiger partial charge in [0.1, 0.15) is 13.2 Å². The van der Waals surface area contributed by atoms with Crippen molar-refractivity contribution in [3.05, 3.63) is 0 Å². The minimum atomic E-state index is -1.81. The number of ether oxygens (including phenoxy) is 1. The van der Waals surface area contributed by atoms with Crippen LogP contribution in [0.4, 0.5) is 0 Å². The number of hydrogen-bond donors (Lipinski definition) is 2. The van der Waals surface area contributed by atoms with Crippen LogP contribution in [0.5, 0.6) is 0 Å². The van der Waals surface area contributed by atoms with Crippen LogP contribution in [0.3, 0.4) is 0 Å². The summed E-state index contributed by atoms with van der Waals surface area (Å²) < 4.78 is 4.10. The molecule has 0 aromatic carbocycles. The minimum absolute atomic E-state index is 0.0324. The lowest BCUT2D eigenvalue weighted by atomic mass is 10.3. The van der Waals surface area contributed by atoms with Gasteiger partial charge in [0.05, 0.1) is 0 Å². The molecule has 0 bridgehead atoms. The van der Waals surface area contributed by atoms with Gasteiger partial charge in [0.25, 0.3) is 11.4 Å². The maximum absolute atomic E-state index is 11.5. The molecule has 2 N–H and O–H groups in total. The van der Waals surface area contributed by atoms with Crippen molar-refractivity contribution in [2.45, 2.75) is 26.7 Å². The van der Waals surface area contributed by atoms with E-state index in [1.54, 1.807) is 13.8 Å². The molecule has 0 aromatic rings. The first-order valence-electron chi connectivity index (χ1n) is 6.48. The Labute approximate surface area is 130 Å². The first-order chi connectivity index (χ1) is 10.8. The number of nitrogens with zero attached hydrogens (tertiary/aromatic N) is 2. The zero-order valence-corrected chi connectivity index (χ0v) is 12.5. The highest BCUT2D eigenvalue weighted by molar-refractivity contribution is 6.67. The number of carboxylic acids is 2. The Balaban J connectivity index is 5.04. The molecule has 0 fully saturated rings.